The molecule has 0 aromatic carbocycles. The molecule has 1 atom stereocenters. The van der Waals surface area contributed by atoms with E-state index in [4.69, 9.17) is 4.74 Å². The van der Waals surface area contributed by atoms with Crippen molar-refractivity contribution in [3.8, 4) is 0 Å². The fourth-order valence-electron chi connectivity index (χ4n) is 2.47. The van der Waals surface area contributed by atoms with E-state index in [0.717, 1.165) is 32.6 Å². The van der Waals surface area contributed by atoms with Crippen molar-refractivity contribution in [1.29, 1.82) is 0 Å². The largest absolute Gasteiger partial charge is 0.381 e. The van der Waals surface area contributed by atoms with Crippen molar-refractivity contribution in [3.63, 3.8) is 0 Å². The molecule has 0 aliphatic carbocycles. The van der Waals surface area contributed by atoms with Gasteiger partial charge in [0.25, 0.3) is 0 Å². The number of amides is 2. The first-order chi connectivity index (χ1) is 8.16. The molecule has 0 aromatic heterocycles. The molecular weight excluding hydrogens is 220 g/mol. The second-order valence-corrected chi connectivity index (χ2v) is 4.93. The molecule has 96 valence electrons. The van der Waals surface area contributed by atoms with E-state index >= 15 is 0 Å². The molecule has 0 bridgehead atoms. The highest BCUT2D eigenvalue weighted by Gasteiger charge is 2.30. The Labute approximate surface area is 101 Å². The number of likely N-dealkylation sites (N-methyl/N-ethyl adjacent to an activating group) is 1. The van der Waals surface area contributed by atoms with Crippen LogP contribution in [-0.2, 0) is 14.3 Å². The van der Waals surface area contributed by atoms with E-state index in [2.05, 4.69) is 5.32 Å². The second-order valence-electron chi connectivity index (χ2n) is 4.93. The van der Waals surface area contributed by atoms with Gasteiger partial charge in [0, 0.05) is 33.2 Å². The first-order valence-electron chi connectivity index (χ1n) is 6.29. The molecule has 0 aromatic rings. The van der Waals surface area contributed by atoms with Crippen molar-refractivity contribution < 1.29 is 14.3 Å². The second kappa shape index (κ2) is 5.49. The fraction of sp³-hybridized carbons (Fsp3) is 0.833. The van der Waals surface area contributed by atoms with Gasteiger partial charge in [0.1, 0.15) is 6.04 Å². The van der Waals surface area contributed by atoms with Crippen LogP contribution in [0.25, 0.3) is 0 Å². The molecule has 2 saturated heterocycles. The van der Waals surface area contributed by atoms with Crippen LogP contribution >= 0.6 is 0 Å². The molecule has 1 N–H and O–H groups in total. The summed E-state index contributed by atoms with van der Waals surface area (Å²) in [5.41, 5.74) is 0. The highest BCUT2D eigenvalue weighted by molar-refractivity contribution is 5.90. The topological polar surface area (TPSA) is 58.6 Å². The molecule has 2 aliphatic rings. The minimum absolute atomic E-state index is 0.0113. The van der Waals surface area contributed by atoms with Crippen LogP contribution in [0, 0.1) is 5.92 Å². The summed E-state index contributed by atoms with van der Waals surface area (Å²) in [5.74, 6) is 0.569. The number of rotatable bonds is 3. The van der Waals surface area contributed by atoms with Crippen LogP contribution in [0.5, 0.6) is 0 Å². The van der Waals surface area contributed by atoms with Crippen molar-refractivity contribution >= 4 is 11.8 Å². The monoisotopic (exact) mass is 240 g/mol. The zero-order valence-electron chi connectivity index (χ0n) is 10.3. The number of carbonyl (C=O) groups excluding carboxylic acids is 2. The molecule has 2 fully saturated rings. The van der Waals surface area contributed by atoms with Crippen LogP contribution in [-0.4, -0.2) is 49.6 Å². The fourth-order valence-corrected chi connectivity index (χ4v) is 2.47. The Bertz CT molecular complexity index is 300. The lowest BCUT2D eigenvalue weighted by Crippen LogP contribution is -2.44. The summed E-state index contributed by atoms with van der Waals surface area (Å²) in [6.07, 6.45) is 3.15. The van der Waals surface area contributed by atoms with Gasteiger partial charge < -0.3 is 15.0 Å². The minimum atomic E-state index is -0.299. The maximum absolute atomic E-state index is 12.0. The van der Waals surface area contributed by atoms with E-state index in [0.29, 0.717) is 18.8 Å². The van der Waals surface area contributed by atoms with E-state index in [1.807, 2.05) is 7.05 Å². The van der Waals surface area contributed by atoms with Gasteiger partial charge in [-0.1, -0.05) is 0 Å². The van der Waals surface area contributed by atoms with Gasteiger partial charge in [0.05, 0.1) is 0 Å². The molecule has 5 heteroatoms. The molecule has 1 unspecified atom stereocenters. The molecule has 17 heavy (non-hydrogen) atoms. The van der Waals surface area contributed by atoms with Crippen LogP contribution in [0.1, 0.15) is 25.7 Å². The highest BCUT2D eigenvalue weighted by atomic mass is 16.5. The first kappa shape index (κ1) is 12.4. The number of hydrogen-bond acceptors (Lipinski definition) is 3. The normalized spacial score (nSPS) is 25.7. The summed E-state index contributed by atoms with van der Waals surface area (Å²) in [7, 11) is 1.82. The van der Waals surface area contributed by atoms with Gasteiger partial charge in [-0.25, -0.2) is 0 Å². The number of nitrogens with zero attached hydrogens (tertiary/aromatic N) is 1. The zero-order chi connectivity index (χ0) is 12.3. The molecule has 2 heterocycles. The standard InChI is InChI=1S/C12H20N2O3/c1-14(8-9-4-6-17-7-5-9)12(16)10-2-3-11(15)13-10/h9-10H,2-8H2,1H3,(H,13,15). The average Bonchev–Trinajstić information content (AvgIpc) is 2.76. The highest BCUT2D eigenvalue weighted by Crippen LogP contribution is 2.17. The van der Waals surface area contributed by atoms with Crippen LogP contribution < -0.4 is 5.32 Å². The van der Waals surface area contributed by atoms with Gasteiger partial charge in [-0.05, 0) is 25.2 Å². The van der Waals surface area contributed by atoms with Gasteiger partial charge in [-0.15, -0.1) is 0 Å². The van der Waals surface area contributed by atoms with Crippen molar-refractivity contribution in [2.75, 3.05) is 26.8 Å². The molecule has 2 aliphatic heterocycles. The van der Waals surface area contributed by atoms with Gasteiger partial charge in [-0.3, -0.25) is 9.59 Å². The van der Waals surface area contributed by atoms with Crippen LogP contribution in [0.4, 0.5) is 0 Å². The van der Waals surface area contributed by atoms with Crippen LogP contribution in [0.15, 0.2) is 0 Å². The molecular formula is C12H20N2O3. The van der Waals surface area contributed by atoms with E-state index in [1.54, 1.807) is 4.90 Å². The van der Waals surface area contributed by atoms with Crippen molar-refractivity contribution in [1.82, 2.24) is 10.2 Å². The average molecular weight is 240 g/mol. The third kappa shape index (κ3) is 3.19. The van der Waals surface area contributed by atoms with Gasteiger partial charge in [0.15, 0.2) is 0 Å². The minimum Gasteiger partial charge on any atom is -0.381 e. The van der Waals surface area contributed by atoms with Gasteiger partial charge in [0.2, 0.25) is 11.8 Å². The van der Waals surface area contributed by atoms with Crippen molar-refractivity contribution in [2.45, 2.75) is 31.7 Å². The Morgan fingerprint density at radius 2 is 2.12 bits per heavy atom. The summed E-state index contributed by atoms with van der Waals surface area (Å²) in [6.45, 7) is 2.37. The van der Waals surface area contributed by atoms with E-state index in [9.17, 15) is 9.59 Å². The van der Waals surface area contributed by atoms with E-state index in [-0.39, 0.29) is 17.9 Å². The van der Waals surface area contributed by atoms with Crippen molar-refractivity contribution in [2.24, 2.45) is 5.92 Å². The maximum Gasteiger partial charge on any atom is 0.244 e. The van der Waals surface area contributed by atoms with Gasteiger partial charge in [-0.2, -0.15) is 0 Å². The summed E-state index contributed by atoms with van der Waals surface area (Å²) < 4.78 is 5.30. The lowest BCUT2D eigenvalue weighted by Gasteiger charge is -2.28. The van der Waals surface area contributed by atoms with E-state index in [1.165, 1.54) is 0 Å². The Kier molecular flexibility index (Phi) is 3.99. The summed E-state index contributed by atoms with van der Waals surface area (Å²) in [6, 6.07) is -0.299. The summed E-state index contributed by atoms with van der Waals surface area (Å²) in [4.78, 5) is 24.9. The molecule has 0 radical (unpaired) electrons. The number of nitrogens with one attached hydrogen (secondary N) is 1. The Hall–Kier alpha value is -1.10. The van der Waals surface area contributed by atoms with Crippen molar-refractivity contribution in [3.05, 3.63) is 0 Å². The lowest BCUT2D eigenvalue weighted by molar-refractivity contribution is -0.134. The first-order valence-corrected chi connectivity index (χ1v) is 6.29. The molecule has 2 amide bonds. The Morgan fingerprint density at radius 3 is 2.71 bits per heavy atom. The predicted octanol–water partition coefficient (Wildman–Crippen LogP) is 0.150. The number of carbonyl (C=O) groups is 2. The molecule has 5 nitrogen and oxygen atoms in total. The third-order valence-corrected chi connectivity index (χ3v) is 3.54. The Morgan fingerprint density at radius 1 is 1.41 bits per heavy atom. The van der Waals surface area contributed by atoms with Crippen LogP contribution in [0.2, 0.25) is 0 Å². The maximum atomic E-state index is 12.0. The smallest absolute Gasteiger partial charge is 0.244 e. The van der Waals surface area contributed by atoms with E-state index < -0.39 is 0 Å². The van der Waals surface area contributed by atoms with Gasteiger partial charge >= 0.3 is 0 Å². The Balaban J connectivity index is 1.80. The quantitative estimate of drug-likeness (QED) is 0.764. The summed E-state index contributed by atoms with van der Waals surface area (Å²) >= 11 is 0. The number of ether oxygens (including phenoxy) is 1. The summed E-state index contributed by atoms with van der Waals surface area (Å²) in [5, 5.41) is 2.72. The molecule has 0 saturated carbocycles. The van der Waals surface area contributed by atoms with Crippen LogP contribution in [0.3, 0.4) is 0 Å². The molecule has 0 spiro atoms. The number of hydrogen-bond donors (Lipinski definition) is 1. The molecule has 2 rings (SSSR count). The lowest BCUT2D eigenvalue weighted by atomic mass is 9.99. The SMILES string of the molecule is CN(CC1CCOCC1)C(=O)C1CCC(=O)N1. The third-order valence-electron chi connectivity index (χ3n) is 3.54. The predicted molar refractivity (Wildman–Crippen MR) is 62.3 cm³/mol. The zero-order valence-corrected chi connectivity index (χ0v) is 10.3.